The number of hydrogen-bond acceptors (Lipinski definition) is 2. The molecule has 0 spiro atoms. The van der Waals surface area contributed by atoms with Gasteiger partial charge in [-0.3, -0.25) is 0 Å². The fourth-order valence-electron chi connectivity index (χ4n) is 1.23. The van der Waals surface area contributed by atoms with E-state index < -0.39 is 12.6 Å². The zero-order chi connectivity index (χ0) is 12.2. The van der Waals surface area contributed by atoms with Gasteiger partial charge in [0.25, 0.3) is 0 Å². The summed E-state index contributed by atoms with van der Waals surface area (Å²) in [4.78, 5) is 2.32. The van der Waals surface area contributed by atoms with Crippen molar-refractivity contribution in [2.45, 2.75) is 32.5 Å². The highest BCUT2D eigenvalue weighted by Crippen LogP contribution is 2.26. The lowest BCUT2D eigenvalue weighted by molar-refractivity contribution is -0.135. The Morgan fingerprint density at radius 3 is 2.62 bits per heavy atom. The molecule has 0 aliphatic heterocycles. The van der Waals surface area contributed by atoms with E-state index in [9.17, 15) is 13.2 Å². The van der Waals surface area contributed by atoms with E-state index in [1.807, 2.05) is 13.0 Å². The number of aryl methyl sites for hydroxylation is 1. The van der Waals surface area contributed by atoms with E-state index in [0.717, 1.165) is 9.35 Å². The highest BCUT2D eigenvalue weighted by molar-refractivity contribution is 9.10. The maximum atomic E-state index is 11.8. The molecule has 0 radical (unpaired) electrons. The van der Waals surface area contributed by atoms with Crippen molar-refractivity contribution in [2.75, 3.05) is 6.54 Å². The van der Waals surface area contributed by atoms with Crippen LogP contribution in [0.5, 0.6) is 0 Å². The molecule has 0 fully saturated rings. The van der Waals surface area contributed by atoms with E-state index >= 15 is 0 Å². The minimum atomic E-state index is -4.04. The van der Waals surface area contributed by atoms with Gasteiger partial charge in [0.1, 0.15) is 0 Å². The summed E-state index contributed by atoms with van der Waals surface area (Å²) in [7, 11) is 0. The Bertz CT molecular complexity index is 316. The van der Waals surface area contributed by atoms with Gasteiger partial charge in [-0.2, -0.15) is 13.2 Å². The van der Waals surface area contributed by atoms with Crippen molar-refractivity contribution in [2.24, 2.45) is 0 Å². The lowest BCUT2D eigenvalue weighted by Gasteiger charge is -2.06. The lowest BCUT2D eigenvalue weighted by Crippen LogP contribution is -2.17. The molecule has 0 saturated carbocycles. The largest absolute Gasteiger partial charge is 0.389 e. The first-order valence-electron chi connectivity index (χ1n) is 4.91. The van der Waals surface area contributed by atoms with E-state index in [1.165, 1.54) is 4.88 Å². The smallest absolute Gasteiger partial charge is 0.312 e. The fourth-order valence-corrected chi connectivity index (χ4v) is 2.80. The molecule has 0 unspecified atom stereocenters. The van der Waals surface area contributed by atoms with Crippen LogP contribution < -0.4 is 5.32 Å². The summed E-state index contributed by atoms with van der Waals surface area (Å²) in [6, 6.07) is 2.00. The number of rotatable bonds is 5. The number of alkyl halides is 3. The maximum absolute atomic E-state index is 11.8. The van der Waals surface area contributed by atoms with Crippen LogP contribution in [0.1, 0.15) is 22.6 Å². The minimum Gasteiger partial charge on any atom is -0.312 e. The molecule has 0 amide bonds. The first kappa shape index (κ1) is 14.0. The molecule has 1 aromatic heterocycles. The predicted octanol–water partition coefficient (Wildman–Crippen LogP) is 4.25. The molecule has 0 aromatic carbocycles. The van der Waals surface area contributed by atoms with E-state index in [4.69, 9.17) is 0 Å². The van der Waals surface area contributed by atoms with Crippen molar-refractivity contribution in [1.29, 1.82) is 0 Å². The number of nitrogens with one attached hydrogen (secondary N) is 1. The van der Waals surface area contributed by atoms with Crippen LogP contribution in [0.3, 0.4) is 0 Å². The van der Waals surface area contributed by atoms with Crippen LogP contribution in [0.2, 0.25) is 0 Å². The lowest BCUT2D eigenvalue weighted by atomic mass is 10.3. The summed E-state index contributed by atoms with van der Waals surface area (Å²) in [6.07, 6.45) is -4.62. The van der Waals surface area contributed by atoms with Gasteiger partial charge >= 0.3 is 6.18 Å². The second kappa shape index (κ2) is 6.02. The summed E-state index contributed by atoms with van der Waals surface area (Å²) in [5.41, 5.74) is 0. The first-order chi connectivity index (χ1) is 7.38. The van der Waals surface area contributed by atoms with Crippen molar-refractivity contribution in [1.82, 2.24) is 5.32 Å². The Labute approximate surface area is 105 Å². The van der Waals surface area contributed by atoms with Gasteiger partial charge in [-0.15, -0.1) is 11.3 Å². The van der Waals surface area contributed by atoms with Gasteiger partial charge in [-0.05, 0) is 41.9 Å². The molecule has 1 rings (SSSR count). The zero-order valence-corrected chi connectivity index (χ0v) is 11.2. The molecule has 1 heterocycles. The number of halogens is 4. The minimum absolute atomic E-state index is 0.134. The van der Waals surface area contributed by atoms with Crippen molar-refractivity contribution >= 4 is 27.3 Å². The zero-order valence-electron chi connectivity index (χ0n) is 8.83. The normalized spacial score (nSPS) is 12.1. The van der Waals surface area contributed by atoms with E-state index in [1.54, 1.807) is 11.3 Å². The molecule has 92 valence electrons. The van der Waals surface area contributed by atoms with Crippen LogP contribution >= 0.6 is 27.3 Å². The van der Waals surface area contributed by atoms with Gasteiger partial charge < -0.3 is 5.32 Å². The van der Waals surface area contributed by atoms with E-state index in [0.29, 0.717) is 13.1 Å². The molecule has 0 aliphatic rings. The van der Waals surface area contributed by atoms with Crippen molar-refractivity contribution in [3.05, 3.63) is 20.3 Å². The quantitative estimate of drug-likeness (QED) is 0.801. The third-order valence-corrected chi connectivity index (χ3v) is 4.16. The van der Waals surface area contributed by atoms with Crippen LogP contribution in [-0.2, 0) is 6.54 Å². The molecule has 6 heteroatoms. The van der Waals surface area contributed by atoms with Crippen LogP contribution in [0.15, 0.2) is 10.5 Å². The van der Waals surface area contributed by atoms with Crippen LogP contribution in [-0.4, -0.2) is 12.7 Å². The van der Waals surface area contributed by atoms with Crippen LogP contribution in [0.25, 0.3) is 0 Å². The molecule has 0 aliphatic carbocycles. The van der Waals surface area contributed by atoms with Crippen molar-refractivity contribution in [3.8, 4) is 0 Å². The van der Waals surface area contributed by atoms with Gasteiger partial charge in [-0.1, -0.05) is 0 Å². The topological polar surface area (TPSA) is 12.0 Å². The average molecular weight is 316 g/mol. The number of hydrogen-bond donors (Lipinski definition) is 1. The third-order valence-electron chi connectivity index (χ3n) is 2.02. The second-order valence-corrected chi connectivity index (χ2v) is 5.71. The van der Waals surface area contributed by atoms with Crippen LogP contribution in [0.4, 0.5) is 13.2 Å². The SMILES string of the molecule is Cc1sc(CNCCCC(F)(F)F)cc1Br. The fraction of sp³-hybridized carbons (Fsp3) is 0.600. The molecule has 1 nitrogen and oxygen atoms in total. The second-order valence-electron chi connectivity index (χ2n) is 3.51. The first-order valence-corrected chi connectivity index (χ1v) is 6.52. The van der Waals surface area contributed by atoms with E-state index in [-0.39, 0.29) is 6.42 Å². The standard InChI is InChI=1S/C10H13BrF3NS/c1-7-9(11)5-8(16-7)6-15-4-2-3-10(12,13)14/h5,15H,2-4,6H2,1H3. The highest BCUT2D eigenvalue weighted by Gasteiger charge is 2.25. The number of thiophene rings is 1. The Morgan fingerprint density at radius 1 is 1.44 bits per heavy atom. The molecule has 0 saturated heterocycles. The molecular weight excluding hydrogens is 303 g/mol. The molecule has 1 N–H and O–H groups in total. The molecule has 0 atom stereocenters. The summed E-state index contributed by atoms with van der Waals surface area (Å²) in [5.74, 6) is 0. The van der Waals surface area contributed by atoms with Gasteiger partial charge in [0.15, 0.2) is 0 Å². The summed E-state index contributed by atoms with van der Waals surface area (Å²) in [6.45, 7) is 3.03. The van der Waals surface area contributed by atoms with Gasteiger partial charge in [0.05, 0.1) is 0 Å². The molecule has 16 heavy (non-hydrogen) atoms. The van der Waals surface area contributed by atoms with Crippen LogP contribution in [0, 0.1) is 6.92 Å². The maximum Gasteiger partial charge on any atom is 0.389 e. The van der Waals surface area contributed by atoms with Crippen molar-refractivity contribution in [3.63, 3.8) is 0 Å². The van der Waals surface area contributed by atoms with Gasteiger partial charge in [0.2, 0.25) is 0 Å². The predicted molar refractivity (Wildman–Crippen MR) is 63.8 cm³/mol. The Hall–Kier alpha value is -0.0700. The molecule has 1 aromatic rings. The summed E-state index contributed by atoms with van der Waals surface area (Å²) in [5, 5.41) is 3.00. The average Bonchev–Trinajstić information content (AvgIpc) is 2.44. The van der Waals surface area contributed by atoms with Crippen molar-refractivity contribution < 1.29 is 13.2 Å². The molecule has 0 bridgehead atoms. The monoisotopic (exact) mass is 315 g/mol. The van der Waals surface area contributed by atoms with E-state index in [2.05, 4.69) is 21.2 Å². The highest BCUT2D eigenvalue weighted by atomic mass is 79.9. The third kappa shape index (κ3) is 5.32. The van der Waals surface area contributed by atoms with Gasteiger partial charge in [0, 0.05) is 27.2 Å². The summed E-state index contributed by atoms with van der Waals surface area (Å²) >= 11 is 5.05. The summed E-state index contributed by atoms with van der Waals surface area (Å²) < 4.78 is 36.6. The van der Waals surface area contributed by atoms with Gasteiger partial charge in [-0.25, -0.2) is 0 Å². The Balaban J connectivity index is 2.16. The molecular formula is C10H13BrF3NS. The Kier molecular flexibility index (Phi) is 5.27. The Morgan fingerprint density at radius 2 is 2.12 bits per heavy atom.